The van der Waals surface area contributed by atoms with Crippen molar-refractivity contribution in [3.8, 4) is 0 Å². The fraction of sp³-hybridized carbons (Fsp3) is 0.440. The number of cyclic esters (lactones) is 1. The summed E-state index contributed by atoms with van der Waals surface area (Å²) in [7, 11) is 0. The molecule has 1 unspecified atom stereocenters. The van der Waals surface area contributed by atoms with Crippen LogP contribution in [0.2, 0.25) is 0 Å². The molecule has 8 heteroatoms. The van der Waals surface area contributed by atoms with Crippen molar-refractivity contribution in [2.75, 3.05) is 39.3 Å². The van der Waals surface area contributed by atoms with Gasteiger partial charge in [0.15, 0.2) is 5.60 Å². The number of piperazine rings is 1. The van der Waals surface area contributed by atoms with E-state index in [2.05, 4.69) is 10.6 Å². The number of amides is 3. The molecule has 3 aliphatic rings. The van der Waals surface area contributed by atoms with Crippen molar-refractivity contribution in [3.63, 3.8) is 0 Å². The first kappa shape index (κ1) is 23.4. The van der Waals surface area contributed by atoms with Gasteiger partial charge in [0.2, 0.25) is 0 Å². The van der Waals surface area contributed by atoms with E-state index < -0.39 is 5.60 Å². The zero-order valence-corrected chi connectivity index (χ0v) is 19.4. The van der Waals surface area contributed by atoms with Crippen LogP contribution >= 0.6 is 12.4 Å². The molecule has 2 aromatic carbocycles. The number of hydrogen-bond donors (Lipinski definition) is 2. The lowest BCUT2D eigenvalue weighted by atomic mass is 9.79. The van der Waals surface area contributed by atoms with Crippen molar-refractivity contribution in [1.82, 2.24) is 20.4 Å². The summed E-state index contributed by atoms with van der Waals surface area (Å²) in [6, 6.07) is 19.3. The summed E-state index contributed by atoms with van der Waals surface area (Å²) in [6.07, 6.45) is 2.30. The molecule has 3 amide bonds. The van der Waals surface area contributed by atoms with E-state index >= 15 is 0 Å². The zero-order chi connectivity index (χ0) is 22.0. The fourth-order valence-electron chi connectivity index (χ4n) is 4.84. The Labute approximate surface area is 200 Å². The van der Waals surface area contributed by atoms with E-state index in [0.29, 0.717) is 26.2 Å². The quantitative estimate of drug-likeness (QED) is 0.609. The van der Waals surface area contributed by atoms with Crippen molar-refractivity contribution in [2.45, 2.75) is 24.5 Å². The SMILES string of the molecule is Cl.O=C(NCCNCC1CC1)N1CCN2C(=O)OC(c3ccccc3)(c3ccccc3)C2C1. The van der Waals surface area contributed by atoms with E-state index in [1.165, 1.54) is 12.8 Å². The second-order valence-corrected chi connectivity index (χ2v) is 8.87. The van der Waals surface area contributed by atoms with Crippen molar-refractivity contribution >= 4 is 24.5 Å². The predicted molar refractivity (Wildman–Crippen MR) is 128 cm³/mol. The highest BCUT2D eigenvalue weighted by Crippen LogP contribution is 2.45. The monoisotopic (exact) mass is 470 g/mol. The lowest BCUT2D eigenvalue weighted by Gasteiger charge is -2.42. The van der Waals surface area contributed by atoms with Gasteiger partial charge in [-0.05, 0) is 25.3 Å². The molecule has 2 saturated heterocycles. The molecule has 0 bridgehead atoms. The van der Waals surface area contributed by atoms with Gasteiger partial charge < -0.3 is 20.3 Å². The lowest BCUT2D eigenvalue weighted by Crippen LogP contribution is -2.60. The van der Waals surface area contributed by atoms with E-state index in [0.717, 1.165) is 30.1 Å². The van der Waals surface area contributed by atoms with E-state index in [1.807, 2.05) is 65.6 Å². The van der Waals surface area contributed by atoms with Gasteiger partial charge >= 0.3 is 12.1 Å². The van der Waals surface area contributed by atoms with Gasteiger partial charge in [-0.2, -0.15) is 0 Å². The third kappa shape index (κ3) is 4.66. The number of carbonyl (C=O) groups is 2. The van der Waals surface area contributed by atoms with Crippen molar-refractivity contribution in [2.24, 2.45) is 5.92 Å². The molecule has 0 radical (unpaired) electrons. The van der Waals surface area contributed by atoms with Gasteiger partial charge in [0, 0.05) is 43.9 Å². The van der Waals surface area contributed by atoms with Crippen LogP contribution in [0.1, 0.15) is 24.0 Å². The first-order chi connectivity index (χ1) is 15.7. The topological polar surface area (TPSA) is 73.9 Å². The van der Waals surface area contributed by atoms with Gasteiger partial charge in [0.05, 0.1) is 0 Å². The summed E-state index contributed by atoms with van der Waals surface area (Å²) < 4.78 is 6.16. The van der Waals surface area contributed by atoms with Crippen molar-refractivity contribution < 1.29 is 14.3 Å². The smallest absolute Gasteiger partial charge is 0.411 e. The molecule has 7 nitrogen and oxygen atoms in total. The molecule has 2 aromatic rings. The third-order valence-electron chi connectivity index (χ3n) is 6.73. The number of hydrogen-bond acceptors (Lipinski definition) is 4. The molecule has 1 aliphatic carbocycles. The number of nitrogens with zero attached hydrogens (tertiary/aromatic N) is 2. The summed E-state index contributed by atoms with van der Waals surface area (Å²) in [6.45, 7) is 3.76. The van der Waals surface area contributed by atoms with Crippen LogP contribution < -0.4 is 10.6 Å². The molecule has 5 rings (SSSR count). The highest BCUT2D eigenvalue weighted by molar-refractivity contribution is 5.85. The van der Waals surface area contributed by atoms with Crippen molar-refractivity contribution in [1.29, 1.82) is 0 Å². The van der Waals surface area contributed by atoms with E-state index in [-0.39, 0.29) is 30.6 Å². The maximum Gasteiger partial charge on any atom is 0.411 e. The fourth-order valence-corrected chi connectivity index (χ4v) is 4.84. The van der Waals surface area contributed by atoms with Crippen molar-refractivity contribution in [3.05, 3.63) is 71.8 Å². The number of fused-ring (bicyclic) bond motifs is 1. The Morgan fingerprint density at radius 3 is 2.21 bits per heavy atom. The predicted octanol–water partition coefficient (Wildman–Crippen LogP) is 3.20. The van der Waals surface area contributed by atoms with Crippen LogP contribution in [0.25, 0.3) is 0 Å². The van der Waals surface area contributed by atoms with Gasteiger partial charge in [0.1, 0.15) is 6.04 Å². The number of carbonyl (C=O) groups excluding carboxylic acids is 2. The Morgan fingerprint density at radius 1 is 0.970 bits per heavy atom. The summed E-state index contributed by atoms with van der Waals surface area (Å²) in [4.78, 5) is 29.4. The minimum Gasteiger partial charge on any atom is -0.431 e. The van der Waals surface area contributed by atoms with E-state index in [1.54, 1.807) is 4.90 Å². The molecule has 2 N–H and O–H groups in total. The Kier molecular flexibility index (Phi) is 7.10. The first-order valence-corrected chi connectivity index (χ1v) is 11.5. The van der Waals surface area contributed by atoms with Crippen LogP contribution in [0.5, 0.6) is 0 Å². The van der Waals surface area contributed by atoms with Gasteiger partial charge in [-0.1, -0.05) is 60.7 Å². The van der Waals surface area contributed by atoms with Gasteiger partial charge in [-0.3, -0.25) is 4.90 Å². The molecule has 1 saturated carbocycles. The Hall–Kier alpha value is -2.77. The largest absolute Gasteiger partial charge is 0.431 e. The molecule has 2 aliphatic heterocycles. The second kappa shape index (κ2) is 10.0. The molecule has 33 heavy (non-hydrogen) atoms. The standard InChI is InChI=1S/C25H30N4O3.ClH/c30-23(27-14-13-26-17-19-11-12-19)28-15-16-29-22(18-28)25(32-24(29)31,20-7-3-1-4-8-20)21-9-5-2-6-10-21;/h1-10,19,22,26H,11-18H2,(H,27,30);1H. The van der Waals surface area contributed by atoms with Crippen LogP contribution in [0.4, 0.5) is 9.59 Å². The van der Waals surface area contributed by atoms with Gasteiger partial charge in [-0.15, -0.1) is 12.4 Å². The number of urea groups is 1. The van der Waals surface area contributed by atoms with Crippen LogP contribution in [0.3, 0.4) is 0 Å². The molecule has 176 valence electrons. The van der Waals surface area contributed by atoms with Gasteiger partial charge in [0.25, 0.3) is 0 Å². The maximum atomic E-state index is 12.9. The van der Waals surface area contributed by atoms with Gasteiger partial charge in [-0.25, -0.2) is 9.59 Å². The molecule has 0 spiro atoms. The number of ether oxygens (including phenoxy) is 1. The number of nitrogens with one attached hydrogen (secondary N) is 2. The minimum atomic E-state index is -0.954. The zero-order valence-electron chi connectivity index (χ0n) is 18.6. The average Bonchev–Trinajstić information content (AvgIpc) is 3.62. The van der Waals surface area contributed by atoms with Crippen LogP contribution in [-0.4, -0.2) is 67.2 Å². The third-order valence-corrected chi connectivity index (χ3v) is 6.73. The summed E-state index contributed by atoms with van der Waals surface area (Å²) in [5, 5.41) is 6.42. The Bertz CT molecular complexity index is 915. The lowest BCUT2D eigenvalue weighted by molar-refractivity contribution is 0.0512. The maximum absolute atomic E-state index is 12.9. The van der Waals surface area contributed by atoms with E-state index in [4.69, 9.17) is 4.74 Å². The van der Waals surface area contributed by atoms with Crippen LogP contribution in [-0.2, 0) is 10.3 Å². The molecule has 3 fully saturated rings. The van der Waals surface area contributed by atoms with Crippen LogP contribution in [0.15, 0.2) is 60.7 Å². The van der Waals surface area contributed by atoms with E-state index in [9.17, 15) is 9.59 Å². The molecule has 2 heterocycles. The number of halogens is 1. The molecular weight excluding hydrogens is 440 g/mol. The normalized spacial score (nSPS) is 21.1. The highest BCUT2D eigenvalue weighted by atomic mass is 35.5. The summed E-state index contributed by atoms with van der Waals surface area (Å²) >= 11 is 0. The Balaban J connectivity index is 0.00000259. The number of benzene rings is 2. The van der Waals surface area contributed by atoms with Crippen LogP contribution in [0, 0.1) is 5.92 Å². The number of rotatable bonds is 7. The summed E-state index contributed by atoms with van der Waals surface area (Å²) in [5.74, 6) is 0.822. The average molecular weight is 471 g/mol. The molecule has 1 atom stereocenters. The summed E-state index contributed by atoms with van der Waals surface area (Å²) in [5.41, 5.74) is 0.877. The first-order valence-electron chi connectivity index (χ1n) is 11.5. The molecular formula is C25H31ClN4O3. The Morgan fingerprint density at radius 2 is 1.61 bits per heavy atom. The molecule has 0 aromatic heterocycles. The second-order valence-electron chi connectivity index (χ2n) is 8.87. The highest BCUT2D eigenvalue weighted by Gasteiger charge is 2.58. The minimum absolute atomic E-state index is 0.